The predicted molar refractivity (Wildman–Crippen MR) is 185 cm³/mol. The maximum Gasteiger partial charge on any atom is 0.220 e. The van der Waals surface area contributed by atoms with E-state index in [4.69, 9.17) is 0 Å². The molecule has 4 N–H and O–H groups in total. The lowest BCUT2D eigenvalue weighted by molar-refractivity contribution is -0.124. The van der Waals surface area contributed by atoms with E-state index in [2.05, 4.69) is 55.6 Å². The first-order chi connectivity index (χ1) is 21.1. The van der Waals surface area contributed by atoms with Crippen LogP contribution in [0.5, 0.6) is 0 Å². The summed E-state index contributed by atoms with van der Waals surface area (Å²) in [7, 11) is 0. The molecular weight excluding hydrogens is 534 g/mol. The van der Waals surface area contributed by atoms with Crippen LogP contribution < -0.4 is 5.32 Å². The molecule has 0 heterocycles. The van der Waals surface area contributed by atoms with Crippen molar-refractivity contribution in [2.75, 3.05) is 6.61 Å². The van der Waals surface area contributed by atoms with Gasteiger partial charge >= 0.3 is 0 Å². The monoisotopic (exact) mass is 606 g/mol. The van der Waals surface area contributed by atoms with Gasteiger partial charge in [0.15, 0.2) is 0 Å². The Morgan fingerprint density at radius 3 is 1.47 bits per heavy atom. The predicted octanol–water partition coefficient (Wildman–Crippen LogP) is 9.65. The molecule has 0 fully saturated rings. The quantitative estimate of drug-likeness (QED) is 0.0454. The van der Waals surface area contributed by atoms with Crippen LogP contribution in [-0.2, 0) is 4.79 Å². The maximum atomic E-state index is 12.3. The third-order valence-electron chi connectivity index (χ3n) is 8.19. The molecule has 43 heavy (non-hydrogen) atoms. The first-order valence-corrected chi connectivity index (χ1v) is 18.3. The molecule has 0 saturated heterocycles. The van der Waals surface area contributed by atoms with Gasteiger partial charge in [-0.25, -0.2) is 0 Å². The minimum atomic E-state index is -1.17. The SMILES string of the molecule is CCCCC/C=C\CCCCCCCC(=O)NC(CO)C(O)C(O)CCC/C=C/CC/C=C/CCCCCCCCCC. The van der Waals surface area contributed by atoms with Gasteiger partial charge in [-0.1, -0.05) is 127 Å². The number of aliphatic hydroxyl groups excluding tert-OH is 3. The molecule has 0 aliphatic carbocycles. The van der Waals surface area contributed by atoms with Crippen LogP contribution in [0, 0.1) is 0 Å². The Balaban J connectivity index is 3.80. The van der Waals surface area contributed by atoms with Crippen LogP contribution in [0.25, 0.3) is 0 Å². The zero-order chi connectivity index (χ0) is 31.6. The van der Waals surface area contributed by atoms with E-state index in [1.807, 2.05) is 0 Å². The number of hydrogen-bond donors (Lipinski definition) is 4. The van der Waals surface area contributed by atoms with E-state index in [9.17, 15) is 20.1 Å². The summed E-state index contributed by atoms with van der Waals surface area (Å²) in [6.07, 6.45) is 39.5. The fraction of sp³-hybridized carbons (Fsp3) is 0.816. The summed E-state index contributed by atoms with van der Waals surface area (Å²) < 4.78 is 0. The third-order valence-corrected chi connectivity index (χ3v) is 8.19. The molecule has 0 aliphatic rings. The molecule has 0 aromatic heterocycles. The summed E-state index contributed by atoms with van der Waals surface area (Å²) in [5, 5.41) is 33.3. The second-order valence-corrected chi connectivity index (χ2v) is 12.4. The van der Waals surface area contributed by atoms with Crippen molar-refractivity contribution in [3.05, 3.63) is 36.5 Å². The van der Waals surface area contributed by atoms with Gasteiger partial charge in [-0.2, -0.15) is 0 Å². The number of carbonyl (C=O) groups excluding carboxylic acids is 1. The van der Waals surface area contributed by atoms with Crippen LogP contribution in [0.2, 0.25) is 0 Å². The number of amides is 1. The van der Waals surface area contributed by atoms with E-state index in [1.54, 1.807) is 0 Å². The highest BCUT2D eigenvalue weighted by Gasteiger charge is 2.26. The highest BCUT2D eigenvalue weighted by atomic mass is 16.3. The Bertz CT molecular complexity index is 675. The lowest BCUT2D eigenvalue weighted by atomic mass is 10.0. The van der Waals surface area contributed by atoms with Gasteiger partial charge in [0.05, 0.1) is 18.8 Å². The second kappa shape index (κ2) is 33.5. The molecule has 0 spiro atoms. The number of aliphatic hydroxyl groups is 3. The highest BCUT2D eigenvalue weighted by molar-refractivity contribution is 5.76. The van der Waals surface area contributed by atoms with Gasteiger partial charge in [-0.15, -0.1) is 0 Å². The summed E-state index contributed by atoms with van der Waals surface area (Å²) in [5.41, 5.74) is 0. The number of rotatable bonds is 32. The Morgan fingerprint density at radius 2 is 0.953 bits per heavy atom. The molecule has 0 aliphatic heterocycles. The van der Waals surface area contributed by atoms with Crippen molar-refractivity contribution in [3.8, 4) is 0 Å². The number of unbranched alkanes of at least 4 members (excludes halogenated alkanes) is 18. The Morgan fingerprint density at radius 1 is 0.558 bits per heavy atom. The first kappa shape index (κ1) is 41.6. The van der Waals surface area contributed by atoms with Gasteiger partial charge in [0.1, 0.15) is 6.10 Å². The maximum absolute atomic E-state index is 12.3. The molecule has 1 amide bonds. The van der Waals surface area contributed by atoms with Crippen molar-refractivity contribution in [3.63, 3.8) is 0 Å². The number of carbonyl (C=O) groups is 1. The molecule has 0 bridgehead atoms. The molecule has 3 atom stereocenters. The van der Waals surface area contributed by atoms with Crippen molar-refractivity contribution in [2.45, 2.75) is 193 Å². The van der Waals surface area contributed by atoms with Gasteiger partial charge in [-0.3, -0.25) is 4.79 Å². The van der Waals surface area contributed by atoms with Gasteiger partial charge < -0.3 is 20.6 Å². The zero-order valence-electron chi connectivity index (χ0n) is 28.3. The molecular formula is C38H71NO4. The highest BCUT2D eigenvalue weighted by Crippen LogP contribution is 2.13. The number of hydrogen-bond acceptors (Lipinski definition) is 4. The average Bonchev–Trinajstić information content (AvgIpc) is 3.01. The van der Waals surface area contributed by atoms with Crippen molar-refractivity contribution in [1.29, 1.82) is 0 Å². The summed E-state index contributed by atoms with van der Waals surface area (Å²) in [6.45, 7) is 4.11. The van der Waals surface area contributed by atoms with Crippen molar-refractivity contribution in [2.24, 2.45) is 0 Å². The minimum absolute atomic E-state index is 0.171. The summed E-state index contributed by atoms with van der Waals surface area (Å²) >= 11 is 0. The first-order valence-electron chi connectivity index (χ1n) is 18.3. The molecule has 0 saturated carbocycles. The van der Waals surface area contributed by atoms with Gasteiger partial charge in [0, 0.05) is 6.42 Å². The van der Waals surface area contributed by atoms with Crippen LogP contribution in [0.4, 0.5) is 0 Å². The summed E-state index contributed by atoms with van der Waals surface area (Å²) in [6, 6.07) is -0.834. The van der Waals surface area contributed by atoms with E-state index >= 15 is 0 Å². The van der Waals surface area contributed by atoms with E-state index in [0.717, 1.165) is 51.4 Å². The molecule has 0 aromatic carbocycles. The van der Waals surface area contributed by atoms with Crippen LogP contribution in [0.3, 0.4) is 0 Å². The van der Waals surface area contributed by atoms with Crippen LogP contribution in [0.1, 0.15) is 174 Å². The summed E-state index contributed by atoms with van der Waals surface area (Å²) in [5.74, 6) is -0.171. The third kappa shape index (κ3) is 29.1. The van der Waals surface area contributed by atoms with Gasteiger partial charge in [-0.05, 0) is 77.0 Å². The van der Waals surface area contributed by atoms with Crippen molar-refractivity contribution >= 4 is 5.91 Å². The zero-order valence-corrected chi connectivity index (χ0v) is 28.3. The average molecular weight is 606 g/mol. The fourth-order valence-corrected chi connectivity index (χ4v) is 5.29. The second-order valence-electron chi connectivity index (χ2n) is 12.4. The lowest BCUT2D eigenvalue weighted by Gasteiger charge is -2.26. The smallest absolute Gasteiger partial charge is 0.220 e. The molecule has 0 rings (SSSR count). The topological polar surface area (TPSA) is 89.8 Å². The molecule has 0 aromatic rings. The van der Waals surface area contributed by atoms with E-state index < -0.39 is 18.2 Å². The molecule has 5 nitrogen and oxygen atoms in total. The standard InChI is InChI=1S/C38H71NO4/c1-3-5-7-9-11-13-15-17-18-19-20-21-22-24-26-28-30-32-36(41)38(43)35(34-40)39-37(42)33-31-29-27-25-23-16-14-12-10-8-6-4-2/h12,14,19-20,24,26,35-36,38,40-41,43H,3-11,13,15-18,21-23,25,27-34H2,1-2H3,(H,39,42)/b14-12-,20-19+,26-24+. The van der Waals surface area contributed by atoms with E-state index in [0.29, 0.717) is 12.8 Å². The largest absolute Gasteiger partial charge is 0.394 e. The van der Waals surface area contributed by atoms with Crippen LogP contribution >= 0.6 is 0 Å². The minimum Gasteiger partial charge on any atom is -0.394 e. The molecule has 0 radical (unpaired) electrons. The summed E-state index contributed by atoms with van der Waals surface area (Å²) in [4.78, 5) is 12.3. The van der Waals surface area contributed by atoms with Gasteiger partial charge in [0.2, 0.25) is 5.91 Å². The van der Waals surface area contributed by atoms with Gasteiger partial charge in [0.25, 0.3) is 0 Å². The lowest BCUT2D eigenvalue weighted by Crippen LogP contribution is -2.50. The molecule has 3 unspecified atom stereocenters. The normalized spacial score (nSPS) is 14.3. The van der Waals surface area contributed by atoms with Crippen LogP contribution in [-0.4, -0.2) is 46.1 Å². The molecule has 252 valence electrons. The Hall–Kier alpha value is -1.43. The van der Waals surface area contributed by atoms with Crippen LogP contribution in [0.15, 0.2) is 36.5 Å². The van der Waals surface area contributed by atoms with Crippen molar-refractivity contribution < 1.29 is 20.1 Å². The number of nitrogens with one attached hydrogen (secondary N) is 1. The van der Waals surface area contributed by atoms with E-state index in [-0.39, 0.29) is 12.5 Å². The van der Waals surface area contributed by atoms with Crippen molar-refractivity contribution in [1.82, 2.24) is 5.32 Å². The Kier molecular flexibility index (Phi) is 32.3. The molecule has 5 heteroatoms. The Labute approximate surface area is 266 Å². The fourth-order valence-electron chi connectivity index (χ4n) is 5.29. The number of allylic oxidation sites excluding steroid dienone is 6. The van der Waals surface area contributed by atoms with E-state index in [1.165, 1.54) is 96.3 Å².